The largest absolute Gasteiger partial charge is 0.497 e. The Kier molecular flexibility index (Phi) is 5.88. The molecule has 1 heterocycles. The van der Waals surface area contributed by atoms with Gasteiger partial charge in [0, 0.05) is 12.2 Å². The van der Waals surface area contributed by atoms with E-state index in [1.165, 1.54) is 6.42 Å². The highest BCUT2D eigenvalue weighted by Gasteiger charge is 2.17. The summed E-state index contributed by atoms with van der Waals surface area (Å²) >= 11 is 0. The standard InChI is InChI=1S/C19H24N4O3/c1-26-16-9-7-15(8-10-16)23-12-11-17(22-23)19(25)20-13-18(24)21-14-5-3-2-4-6-14/h7-12,14H,2-6,13H2,1H3,(H,20,25)(H,21,24). The number of hydrogen-bond acceptors (Lipinski definition) is 4. The van der Waals surface area contributed by atoms with Gasteiger partial charge in [-0.15, -0.1) is 0 Å². The molecule has 26 heavy (non-hydrogen) atoms. The molecule has 0 atom stereocenters. The zero-order valence-electron chi connectivity index (χ0n) is 14.9. The van der Waals surface area contributed by atoms with Crippen LogP contribution in [0.5, 0.6) is 5.75 Å². The molecule has 7 heteroatoms. The van der Waals surface area contributed by atoms with Crippen molar-refractivity contribution in [2.75, 3.05) is 13.7 Å². The van der Waals surface area contributed by atoms with E-state index in [4.69, 9.17) is 4.74 Å². The molecule has 3 rings (SSSR count). The van der Waals surface area contributed by atoms with E-state index in [1.54, 1.807) is 24.1 Å². The smallest absolute Gasteiger partial charge is 0.272 e. The van der Waals surface area contributed by atoms with E-state index < -0.39 is 0 Å². The van der Waals surface area contributed by atoms with Gasteiger partial charge in [-0.1, -0.05) is 19.3 Å². The molecule has 0 saturated heterocycles. The third kappa shape index (κ3) is 4.62. The Morgan fingerprint density at radius 2 is 1.88 bits per heavy atom. The summed E-state index contributed by atoms with van der Waals surface area (Å²) in [6, 6.07) is 9.22. The molecular formula is C19H24N4O3. The molecule has 0 aliphatic heterocycles. The molecule has 0 unspecified atom stereocenters. The van der Waals surface area contributed by atoms with Crippen LogP contribution in [0.1, 0.15) is 42.6 Å². The van der Waals surface area contributed by atoms with Crippen molar-refractivity contribution in [2.24, 2.45) is 0 Å². The quantitative estimate of drug-likeness (QED) is 0.830. The molecule has 0 spiro atoms. The molecule has 1 fully saturated rings. The van der Waals surface area contributed by atoms with Crippen LogP contribution in [0.2, 0.25) is 0 Å². The number of methoxy groups -OCH3 is 1. The Labute approximate surface area is 152 Å². The van der Waals surface area contributed by atoms with E-state index in [2.05, 4.69) is 15.7 Å². The van der Waals surface area contributed by atoms with Gasteiger partial charge in [0.1, 0.15) is 5.75 Å². The number of nitrogens with zero attached hydrogens (tertiary/aromatic N) is 2. The lowest BCUT2D eigenvalue weighted by Gasteiger charge is -2.22. The van der Waals surface area contributed by atoms with Gasteiger partial charge in [-0.25, -0.2) is 4.68 Å². The molecule has 0 radical (unpaired) electrons. The SMILES string of the molecule is COc1ccc(-n2ccc(C(=O)NCC(=O)NC3CCCCC3)n2)cc1. The van der Waals surface area contributed by atoms with Crippen LogP contribution in [0.4, 0.5) is 0 Å². The second-order valence-corrected chi connectivity index (χ2v) is 6.43. The third-order valence-corrected chi connectivity index (χ3v) is 4.54. The number of hydrogen-bond donors (Lipinski definition) is 2. The van der Waals surface area contributed by atoms with E-state index in [1.807, 2.05) is 24.3 Å². The first-order valence-corrected chi connectivity index (χ1v) is 8.93. The Balaban J connectivity index is 1.51. The topological polar surface area (TPSA) is 85.2 Å². The minimum atomic E-state index is -0.365. The molecule has 1 aliphatic carbocycles. The Morgan fingerprint density at radius 1 is 1.15 bits per heavy atom. The number of rotatable bonds is 6. The van der Waals surface area contributed by atoms with Gasteiger partial charge in [0.2, 0.25) is 5.91 Å². The van der Waals surface area contributed by atoms with Crippen molar-refractivity contribution in [1.82, 2.24) is 20.4 Å². The summed E-state index contributed by atoms with van der Waals surface area (Å²) in [5.74, 6) is 0.235. The third-order valence-electron chi connectivity index (χ3n) is 4.54. The lowest BCUT2D eigenvalue weighted by Crippen LogP contribution is -2.42. The lowest BCUT2D eigenvalue weighted by molar-refractivity contribution is -0.121. The maximum absolute atomic E-state index is 12.2. The molecule has 1 aliphatic rings. The Bertz CT molecular complexity index is 748. The summed E-state index contributed by atoms with van der Waals surface area (Å²) in [7, 11) is 1.61. The number of amides is 2. The fourth-order valence-corrected chi connectivity index (χ4v) is 3.10. The maximum atomic E-state index is 12.2. The van der Waals surface area contributed by atoms with Crippen molar-refractivity contribution in [3.63, 3.8) is 0 Å². The molecule has 7 nitrogen and oxygen atoms in total. The molecular weight excluding hydrogens is 332 g/mol. The van der Waals surface area contributed by atoms with E-state index >= 15 is 0 Å². The lowest BCUT2D eigenvalue weighted by atomic mass is 9.95. The summed E-state index contributed by atoms with van der Waals surface area (Å²) in [5.41, 5.74) is 1.09. The zero-order chi connectivity index (χ0) is 18.4. The van der Waals surface area contributed by atoms with Gasteiger partial charge < -0.3 is 15.4 Å². The number of carbonyl (C=O) groups is 2. The summed E-state index contributed by atoms with van der Waals surface area (Å²) in [4.78, 5) is 24.2. The average Bonchev–Trinajstić information content (AvgIpc) is 3.17. The first kappa shape index (κ1) is 18.0. The molecule has 1 aromatic carbocycles. The minimum absolute atomic E-state index is 0.0370. The summed E-state index contributed by atoms with van der Waals surface area (Å²) < 4.78 is 6.73. The number of nitrogens with one attached hydrogen (secondary N) is 2. The van der Waals surface area contributed by atoms with Crippen LogP contribution in [0, 0.1) is 0 Å². The first-order valence-electron chi connectivity index (χ1n) is 8.93. The van der Waals surface area contributed by atoms with Gasteiger partial charge in [0.25, 0.3) is 5.91 Å². The normalized spacial score (nSPS) is 14.7. The number of aromatic nitrogens is 2. The highest BCUT2D eigenvalue weighted by atomic mass is 16.5. The predicted molar refractivity (Wildman–Crippen MR) is 97.5 cm³/mol. The first-order chi connectivity index (χ1) is 12.7. The highest BCUT2D eigenvalue weighted by molar-refractivity contribution is 5.94. The molecule has 0 bridgehead atoms. The monoisotopic (exact) mass is 356 g/mol. The molecule has 138 valence electrons. The van der Waals surface area contributed by atoms with Crippen LogP contribution in [0.3, 0.4) is 0 Å². The number of ether oxygens (including phenoxy) is 1. The van der Waals surface area contributed by atoms with Crippen LogP contribution >= 0.6 is 0 Å². The minimum Gasteiger partial charge on any atom is -0.497 e. The van der Waals surface area contributed by atoms with E-state index in [0.717, 1.165) is 37.1 Å². The van der Waals surface area contributed by atoms with Crippen molar-refractivity contribution >= 4 is 11.8 Å². The van der Waals surface area contributed by atoms with Gasteiger partial charge in [0.15, 0.2) is 5.69 Å². The predicted octanol–water partition coefficient (Wildman–Crippen LogP) is 2.06. The van der Waals surface area contributed by atoms with E-state index in [0.29, 0.717) is 0 Å². The summed E-state index contributed by atoms with van der Waals surface area (Å²) in [6.07, 6.45) is 7.29. The van der Waals surface area contributed by atoms with Crippen LogP contribution < -0.4 is 15.4 Å². The fraction of sp³-hybridized carbons (Fsp3) is 0.421. The van der Waals surface area contributed by atoms with Crippen LogP contribution in [-0.2, 0) is 4.79 Å². The maximum Gasteiger partial charge on any atom is 0.272 e. The molecule has 2 amide bonds. The van der Waals surface area contributed by atoms with Gasteiger partial charge >= 0.3 is 0 Å². The average molecular weight is 356 g/mol. The second-order valence-electron chi connectivity index (χ2n) is 6.43. The van der Waals surface area contributed by atoms with E-state index in [-0.39, 0.29) is 30.1 Å². The van der Waals surface area contributed by atoms with Gasteiger partial charge in [0.05, 0.1) is 19.3 Å². The molecule has 1 saturated carbocycles. The summed E-state index contributed by atoms with van der Waals surface area (Å²) in [5, 5.41) is 9.86. The zero-order valence-corrected chi connectivity index (χ0v) is 14.9. The van der Waals surface area contributed by atoms with E-state index in [9.17, 15) is 9.59 Å². The number of benzene rings is 1. The van der Waals surface area contributed by atoms with Crippen molar-refractivity contribution < 1.29 is 14.3 Å². The van der Waals surface area contributed by atoms with Gasteiger partial charge in [-0.2, -0.15) is 5.10 Å². The van der Waals surface area contributed by atoms with Crippen molar-refractivity contribution in [2.45, 2.75) is 38.1 Å². The van der Waals surface area contributed by atoms with Crippen LogP contribution in [-0.4, -0.2) is 41.3 Å². The highest BCUT2D eigenvalue weighted by Crippen LogP contribution is 2.17. The van der Waals surface area contributed by atoms with Crippen molar-refractivity contribution in [3.8, 4) is 11.4 Å². The number of carbonyl (C=O) groups excluding carboxylic acids is 2. The molecule has 2 aromatic rings. The molecule has 1 aromatic heterocycles. The molecule has 2 N–H and O–H groups in total. The van der Waals surface area contributed by atoms with Crippen molar-refractivity contribution in [1.29, 1.82) is 0 Å². The van der Waals surface area contributed by atoms with Crippen LogP contribution in [0.25, 0.3) is 5.69 Å². The van der Waals surface area contributed by atoms with Crippen LogP contribution in [0.15, 0.2) is 36.5 Å². The van der Waals surface area contributed by atoms with Crippen molar-refractivity contribution in [3.05, 3.63) is 42.2 Å². The second kappa shape index (κ2) is 8.51. The Morgan fingerprint density at radius 3 is 2.58 bits per heavy atom. The Hall–Kier alpha value is -2.83. The van der Waals surface area contributed by atoms with Gasteiger partial charge in [-0.3, -0.25) is 9.59 Å². The fourth-order valence-electron chi connectivity index (χ4n) is 3.10. The summed E-state index contributed by atoms with van der Waals surface area (Å²) in [6.45, 7) is -0.0370. The van der Waals surface area contributed by atoms with Gasteiger partial charge in [-0.05, 0) is 43.2 Å².